The molecule has 0 bridgehead atoms. The minimum atomic E-state index is -3.54. The average molecular weight is 291 g/mol. The molecule has 1 aromatic heterocycles. The van der Waals surface area contributed by atoms with Crippen LogP contribution < -0.4 is 4.72 Å². The second-order valence-electron chi connectivity index (χ2n) is 3.93. The van der Waals surface area contributed by atoms with Crippen molar-refractivity contribution in [1.29, 1.82) is 0 Å². The van der Waals surface area contributed by atoms with Gasteiger partial charge in [0.15, 0.2) is 5.13 Å². The van der Waals surface area contributed by atoms with Crippen molar-refractivity contribution in [2.24, 2.45) is 0 Å². The van der Waals surface area contributed by atoms with Crippen molar-refractivity contribution in [3.8, 4) is 0 Å². The normalized spacial score (nSPS) is 16.9. The first kappa shape index (κ1) is 13.2. The summed E-state index contributed by atoms with van der Waals surface area (Å²) in [4.78, 5) is 14.4. The van der Waals surface area contributed by atoms with Crippen LogP contribution in [0.4, 0.5) is 5.13 Å². The van der Waals surface area contributed by atoms with Crippen LogP contribution in [-0.4, -0.2) is 41.9 Å². The lowest BCUT2D eigenvalue weighted by Gasteiger charge is -2.14. The summed E-state index contributed by atoms with van der Waals surface area (Å²) < 4.78 is 27.5. The molecular formula is C9H13N3O4S2. The number of aromatic nitrogens is 1. The van der Waals surface area contributed by atoms with Crippen molar-refractivity contribution < 1.29 is 18.3 Å². The van der Waals surface area contributed by atoms with Gasteiger partial charge in [-0.1, -0.05) is 0 Å². The van der Waals surface area contributed by atoms with Crippen LogP contribution in [0.3, 0.4) is 0 Å². The molecule has 0 unspecified atom stereocenters. The number of nitrogens with zero attached hydrogens (tertiary/aromatic N) is 2. The molecular weight excluding hydrogens is 278 g/mol. The van der Waals surface area contributed by atoms with Crippen LogP contribution >= 0.6 is 11.3 Å². The van der Waals surface area contributed by atoms with Gasteiger partial charge in [-0.15, -0.1) is 11.3 Å². The molecule has 0 atom stereocenters. The van der Waals surface area contributed by atoms with Crippen molar-refractivity contribution in [3.63, 3.8) is 0 Å². The van der Waals surface area contributed by atoms with E-state index in [0.717, 1.165) is 24.2 Å². The Labute approximate surface area is 109 Å². The fraction of sp³-hybridized carbons (Fsp3) is 0.556. The van der Waals surface area contributed by atoms with E-state index < -0.39 is 16.2 Å². The number of carbonyl (C=O) groups is 1. The summed E-state index contributed by atoms with van der Waals surface area (Å²) in [7, 11) is -3.54. The van der Waals surface area contributed by atoms with E-state index in [0.29, 0.717) is 18.8 Å². The lowest BCUT2D eigenvalue weighted by molar-refractivity contribution is -0.136. The van der Waals surface area contributed by atoms with Gasteiger partial charge in [-0.25, -0.2) is 9.71 Å². The first-order chi connectivity index (χ1) is 8.47. The summed E-state index contributed by atoms with van der Waals surface area (Å²) in [5.41, 5.74) is 0.353. The van der Waals surface area contributed by atoms with Gasteiger partial charge in [0.2, 0.25) is 0 Å². The average Bonchev–Trinajstić information content (AvgIpc) is 2.87. The number of anilines is 1. The third-order valence-electron chi connectivity index (χ3n) is 2.51. The maximum Gasteiger partial charge on any atom is 0.309 e. The van der Waals surface area contributed by atoms with Crippen molar-refractivity contribution in [2.45, 2.75) is 19.3 Å². The van der Waals surface area contributed by atoms with Crippen LogP contribution in [0.1, 0.15) is 18.5 Å². The molecule has 2 rings (SSSR count). The van der Waals surface area contributed by atoms with Crippen molar-refractivity contribution in [2.75, 3.05) is 17.8 Å². The summed E-state index contributed by atoms with van der Waals surface area (Å²) in [5.74, 6) is -0.991. The third kappa shape index (κ3) is 3.18. The molecule has 1 aliphatic rings. The molecule has 2 heterocycles. The van der Waals surface area contributed by atoms with Crippen LogP contribution in [0.2, 0.25) is 0 Å². The van der Waals surface area contributed by atoms with Crippen LogP contribution in [-0.2, 0) is 21.4 Å². The topological polar surface area (TPSA) is 99.6 Å². The van der Waals surface area contributed by atoms with Crippen molar-refractivity contribution >= 4 is 32.6 Å². The number of aliphatic carboxylic acids is 1. The maximum absolute atomic E-state index is 11.9. The Kier molecular flexibility index (Phi) is 3.83. The quantitative estimate of drug-likeness (QED) is 0.824. The van der Waals surface area contributed by atoms with E-state index in [9.17, 15) is 13.2 Å². The van der Waals surface area contributed by atoms with Crippen LogP contribution in [0, 0.1) is 0 Å². The number of thiazole rings is 1. The molecule has 100 valence electrons. The predicted molar refractivity (Wildman–Crippen MR) is 66.8 cm³/mol. The van der Waals surface area contributed by atoms with E-state index in [1.54, 1.807) is 0 Å². The monoisotopic (exact) mass is 291 g/mol. The van der Waals surface area contributed by atoms with E-state index in [1.807, 2.05) is 0 Å². The van der Waals surface area contributed by atoms with Crippen LogP contribution in [0.15, 0.2) is 5.38 Å². The van der Waals surface area contributed by atoms with Gasteiger partial charge in [0.25, 0.3) is 0 Å². The van der Waals surface area contributed by atoms with Gasteiger partial charge in [-0.3, -0.25) is 4.79 Å². The molecule has 0 saturated carbocycles. The van der Waals surface area contributed by atoms with E-state index in [-0.39, 0.29) is 11.6 Å². The number of nitrogens with one attached hydrogen (secondary N) is 1. The summed E-state index contributed by atoms with van der Waals surface area (Å²) in [6, 6.07) is 0. The summed E-state index contributed by atoms with van der Waals surface area (Å²) >= 11 is 1.09. The molecule has 0 aliphatic carbocycles. The largest absolute Gasteiger partial charge is 0.481 e. The molecule has 1 fully saturated rings. The second kappa shape index (κ2) is 5.21. The standard InChI is InChI=1S/C9H13N3O4S2/c13-8(14)5-7-6-17-9(10-7)11-18(15,16)12-3-1-2-4-12/h6H,1-5H2,(H,10,11)(H,13,14). The van der Waals surface area contributed by atoms with Gasteiger partial charge in [0.1, 0.15) is 0 Å². The number of rotatable bonds is 5. The molecule has 0 spiro atoms. The molecule has 1 aromatic rings. The zero-order valence-corrected chi connectivity index (χ0v) is 11.1. The Balaban J connectivity index is 2.04. The summed E-state index contributed by atoms with van der Waals surface area (Å²) in [6.45, 7) is 1.03. The minimum absolute atomic E-state index is 0.206. The van der Waals surface area contributed by atoms with Crippen molar-refractivity contribution in [3.05, 3.63) is 11.1 Å². The molecule has 2 N–H and O–H groups in total. The molecule has 0 aromatic carbocycles. The molecule has 1 saturated heterocycles. The fourth-order valence-corrected chi connectivity index (χ4v) is 3.89. The highest BCUT2D eigenvalue weighted by Crippen LogP contribution is 2.20. The Morgan fingerprint density at radius 2 is 2.17 bits per heavy atom. The lowest BCUT2D eigenvalue weighted by Crippen LogP contribution is -2.33. The Morgan fingerprint density at radius 3 is 2.78 bits per heavy atom. The Hall–Kier alpha value is -1.19. The Morgan fingerprint density at radius 1 is 1.50 bits per heavy atom. The highest BCUT2D eigenvalue weighted by atomic mass is 32.2. The fourth-order valence-electron chi connectivity index (χ4n) is 1.69. The SMILES string of the molecule is O=C(O)Cc1csc(NS(=O)(=O)N2CCCC2)n1. The number of carboxylic acid groups (broad SMARTS) is 1. The number of hydrogen-bond donors (Lipinski definition) is 2. The number of hydrogen-bond acceptors (Lipinski definition) is 5. The van der Waals surface area contributed by atoms with Gasteiger partial charge in [0, 0.05) is 18.5 Å². The highest BCUT2D eigenvalue weighted by Gasteiger charge is 2.26. The molecule has 7 nitrogen and oxygen atoms in total. The van der Waals surface area contributed by atoms with Gasteiger partial charge in [-0.2, -0.15) is 12.7 Å². The van der Waals surface area contributed by atoms with E-state index in [1.165, 1.54) is 9.69 Å². The van der Waals surface area contributed by atoms with Gasteiger partial charge >= 0.3 is 16.2 Å². The molecule has 18 heavy (non-hydrogen) atoms. The molecule has 9 heteroatoms. The second-order valence-corrected chi connectivity index (χ2v) is 6.46. The van der Waals surface area contributed by atoms with E-state index in [2.05, 4.69) is 9.71 Å². The number of carboxylic acids is 1. The highest BCUT2D eigenvalue weighted by molar-refractivity contribution is 7.90. The summed E-state index contributed by atoms with van der Waals surface area (Å²) in [5, 5.41) is 10.3. The van der Waals surface area contributed by atoms with E-state index >= 15 is 0 Å². The maximum atomic E-state index is 11.9. The van der Waals surface area contributed by atoms with E-state index in [4.69, 9.17) is 5.11 Å². The zero-order valence-electron chi connectivity index (χ0n) is 9.50. The van der Waals surface area contributed by atoms with Gasteiger partial charge in [-0.05, 0) is 12.8 Å². The lowest BCUT2D eigenvalue weighted by atomic mass is 10.3. The first-order valence-corrected chi connectivity index (χ1v) is 7.73. The van der Waals surface area contributed by atoms with Crippen molar-refractivity contribution in [1.82, 2.24) is 9.29 Å². The Bertz CT molecular complexity index is 534. The molecule has 0 amide bonds. The predicted octanol–water partition coefficient (Wildman–Crippen LogP) is 0.523. The van der Waals surface area contributed by atoms with Gasteiger partial charge < -0.3 is 5.11 Å². The smallest absolute Gasteiger partial charge is 0.309 e. The molecule has 1 aliphatic heterocycles. The molecule has 0 radical (unpaired) electrons. The zero-order chi connectivity index (χ0) is 13.2. The first-order valence-electron chi connectivity index (χ1n) is 5.41. The van der Waals surface area contributed by atoms with Crippen LogP contribution in [0.25, 0.3) is 0 Å². The van der Waals surface area contributed by atoms with Gasteiger partial charge in [0.05, 0.1) is 12.1 Å². The van der Waals surface area contributed by atoms with Crippen LogP contribution in [0.5, 0.6) is 0 Å². The summed E-state index contributed by atoms with van der Waals surface area (Å²) in [6.07, 6.45) is 1.52. The minimum Gasteiger partial charge on any atom is -0.481 e. The third-order valence-corrected chi connectivity index (χ3v) is 4.94.